The molecule has 1 heterocycles. The van der Waals surface area contributed by atoms with Crippen LogP contribution in [0.2, 0.25) is 0 Å². The molecule has 0 unspecified atom stereocenters. The van der Waals surface area contributed by atoms with E-state index in [4.69, 9.17) is 4.74 Å². The highest BCUT2D eigenvalue weighted by Crippen LogP contribution is 2.17. The third-order valence-corrected chi connectivity index (χ3v) is 4.15. The monoisotopic (exact) mass is 326 g/mol. The Kier molecular flexibility index (Phi) is 4.43. The lowest BCUT2D eigenvalue weighted by Gasteiger charge is -2.04. The molecule has 0 aliphatic rings. The summed E-state index contributed by atoms with van der Waals surface area (Å²) in [6.45, 7) is -0.307. The lowest BCUT2D eigenvalue weighted by molar-refractivity contribution is 0.0471. The minimum Gasteiger partial charge on any atom is -0.452 e. The van der Waals surface area contributed by atoms with Crippen LogP contribution in [0.1, 0.15) is 20.8 Å². The van der Waals surface area contributed by atoms with Crippen LogP contribution in [0.25, 0.3) is 10.9 Å². The van der Waals surface area contributed by atoms with E-state index < -0.39 is 5.97 Å². The number of benzene rings is 2. The minimum absolute atomic E-state index is 0.186. The van der Waals surface area contributed by atoms with Crippen molar-refractivity contribution < 1.29 is 14.3 Å². The summed E-state index contributed by atoms with van der Waals surface area (Å²) in [6.07, 6.45) is 1.97. The molecule has 6 heteroatoms. The summed E-state index contributed by atoms with van der Waals surface area (Å²) in [4.78, 5) is 25.2. The van der Waals surface area contributed by atoms with Crippen molar-refractivity contribution in [3.05, 3.63) is 59.8 Å². The van der Waals surface area contributed by atoms with E-state index in [2.05, 4.69) is 10.2 Å². The number of hydrogen-bond donors (Lipinski definition) is 1. The van der Waals surface area contributed by atoms with Crippen molar-refractivity contribution in [3.63, 3.8) is 0 Å². The Labute approximate surface area is 137 Å². The number of carbonyl (C=O) groups excluding carboxylic acids is 2. The molecule has 0 bridgehead atoms. The first-order chi connectivity index (χ1) is 11.2. The van der Waals surface area contributed by atoms with Crippen molar-refractivity contribution in [1.82, 2.24) is 10.2 Å². The summed E-state index contributed by atoms with van der Waals surface area (Å²) in [5.41, 5.74) is 1.45. The number of H-pyrrole nitrogens is 1. The summed E-state index contributed by atoms with van der Waals surface area (Å²) in [7, 11) is 0. The number of fused-ring (bicyclic) bond motifs is 1. The number of esters is 1. The fourth-order valence-corrected chi connectivity index (χ4v) is 2.59. The number of thioether (sulfide) groups is 1. The van der Waals surface area contributed by atoms with Crippen LogP contribution in [0.3, 0.4) is 0 Å². The largest absolute Gasteiger partial charge is 0.452 e. The van der Waals surface area contributed by atoms with Gasteiger partial charge in [0, 0.05) is 15.8 Å². The minimum atomic E-state index is -0.614. The third-order valence-electron chi connectivity index (χ3n) is 3.41. The molecule has 116 valence electrons. The highest BCUT2D eigenvalue weighted by molar-refractivity contribution is 7.98. The van der Waals surface area contributed by atoms with Gasteiger partial charge in [0.25, 0.3) is 0 Å². The van der Waals surface area contributed by atoms with E-state index in [0.29, 0.717) is 10.9 Å². The molecule has 0 saturated heterocycles. The topological polar surface area (TPSA) is 72.1 Å². The first-order valence-electron chi connectivity index (χ1n) is 6.96. The highest BCUT2D eigenvalue weighted by atomic mass is 32.2. The predicted molar refractivity (Wildman–Crippen MR) is 88.9 cm³/mol. The standard InChI is InChI=1S/C17H14N2O3S/c1-23-12-8-6-11(7-9-12)15(20)10-22-17(21)16-13-4-2-3-5-14(13)18-19-16/h2-9H,10H2,1H3,(H,18,19). The normalized spacial score (nSPS) is 10.7. The fraction of sp³-hybridized carbons (Fsp3) is 0.118. The Morgan fingerprint density at radius 1 is 1.13 bits per heavy atom. The van der Waals surface area contributed by atoms with Crippen molar-refractivity contribution in [2.24, 2.45) is 0 Å². The van der Waals surface area contributed by atoms with Crippen molar-refractivity contribution in [3.8, 4) is 0 Å². The zero-order valence-electron chi connectivity index (χ0n) is 12.4. The molecule has 5 nitrogen and oxygen atoms in total. The van der Waals surface area contributed by atoms with Gasteiger partial charge in [-0.1, -0.05) is 30.3 Å². The zero-order valence-corrected chi connectivity index (χ0v) is 13.2. The number of ketones is 1. The SMILES string of the molecule is CSc1ccc(C(=O)COC(=O)c2n[nH]c3ccccc23)cc1. The number of aromatic amines is 1. The smallest absolute Gasteiger partial charge is 0.359 e. The van der Waals surface area contributed by atoms with Gasteiger partial charge in [0.15, 0.2) is 18.1 Å². The molecule has 2 aromatic carbocycles. The molecular formula is C17H14N2O3S. The maximum absolute atomic E-state index is 12.1. The van der Waals surface area contributed by atoms with Crippen molar-refractivity contribution in [2.75, 3.05) is 12.9 Å². The average Bonchev–Trinajstić information content (AvgIpc) is 3.03. The summed E-state index contributed by atoms with van der Waals surface area (Å²) in [5.74, 6) is -0.859. The van der Waals surface area contributed by atoms with E-state index in [1.807, 2.05) is 36.6 Å². The van der Waals surface area contributed by atoms with Crippen LogP contribution < -0.4 is 0 Å². The Balaban J connectivity index is 1.67. The first-order valence-corrected chi connectivity index (χ1v) is 8.19. The van der Waals surface area contributed by atoms with Gasteiger partial charge in [0.2, 0.25) is 0 Å². The molecule has 0 saturated carbocycles. The maximum atomic E-state index is 12.1. The quantitative estimate of drug-likeness (QED) is 0.442. The van der Waals surface area contributed by atoms with Gasteiger partial charge in [-0.2, -0.15) is 5.10 Å². The van der Waals surface area contributed by atoms with Gasteiger partial charge < -0.3 is 4.74 Å². The molecule has 0 aliphatic carbocycles. The van der Waals surface area contributed by atoms with Crippen molar-refractivity contribution in [1.29, 1.82) is 0 Å². The van der Waals surface area contributed by atoms with E-state index in [0.717, 1.165) is 10.4 Å². The molecule has 0 fully saturated rings. The number of para-hydroxylation sites is 1. The maximum Gasteiger partial charge on any atom is 0.359 e. The Bertz CT molecular complexity index is 856. The van der Waals surface area contributed by atoms with Gasteiger partial charge in [-0.3, -0.25) is 9.89 Å². The Morgan fingerprint density at radius 3 is 2.61 bits per heavy atom. The number of rotatable bonds is 5. The Hall–Kier alpha value is -2.60. The highest BCUT2D eigenvalue weighted by Gasteiger charge is 2.17. The van der Waals surface area contributed by atoms with E-state index >= 15 is 0 Å². The van der Waals surface area contributed by atoms with Crippen LogP contribution in [0.4, 0.5) is 0 Å². The molecule has 0 spiro atoms. The van der Waals surface area contributed by atoms with Crippen molar-refractivity contribution >= 4 is 34.4 Å². The van der Waals surface area contributed by atoms with E-state index in [1.54, 1.807) is 30.0 Å². The van der Waals surface area contributed by atoms with Crippen molar-refractivity contribution in [2.45, 2.75) is 4.90 Å². The predicted octanol–water partition coefficient (Wildman–Crippen LogP) is 3.32. The molecule has 23 heavy (non-hydrogen) atoms. The number of hydrogen-bond acceptors (Lipinski definition) is 5. The summed E-state index contributed by atoms with van der Waals surface area (Å²) >= 11 is 1.60. The van der Waals surface area contributed by atoms with Gasteiger partial charge in [-0.15, -0.1) is 11.8 Å². The number of aromatic nitrogens is 2. The molecule has 0 amide bonds. The fourth-order valence-electron chi connectivity index (χ4n) is 2.18. The lowest BCUT2D eigenvalue weighted by atomic mass is 10.1. The van der Waals surface area contributed by atoms with E-state index in [9.17, 15) is 9.59 Å². The van der Waals surface area contributed by atoms with E-state index in [-0.39, 0.29) is 18.1 Å². The second-order valence-electron chi connectivity index (χ2n) is 4.85. The van der Waals surface area contributed by atoms with Gasteiger partial charge in [0.05, 0.1) is 5.52 Å². The number of nitrogens with zero attached hydrogens (tertiary/aromatic N) is 1. The number of ether oxygens (including phenoxy) is 1. The van der Waals surface area contributed by atoms with Gasteiger partial charge in [0.1, 0.15) is 0 Å². The van der Waals surface area contributed by atoms with Crippen LogP contribution in [0.15, 0.2) is 53.4 Å². The zero-order chi connectivity index (χ0) is 16.2. The summed E-state index contributed by atoms with van der Waals surface area (Å²) in [6, 6.07) is 14.4. The number of nitrogens with one attached hydrogen (secondary N) is 1. The summed E-state index contributed by atoms with van der Waals surface area (Å²) in [5, 5.41) is 7.39. The molecule has 1 aromatic heterocycles. The molecule has 0 aliphatic heterocycles. The molecule has 3 aromatic rings. The van der Waals surface area contributed by atoms with Crippen LogP contribution in [-0.4, -0.2) is 34.8 Å². The van der Waals surface area contributed by atoms with Gasteiger partial charge in [-0.25, -0.2) is 4.79 Å². The Morgan fingerprint density at radius 2 is 1.87 bits per heavy atom. The van der Waals surface area contributed by atoms with Crippen LogP contribution in [0, 0.1) is 0 Å². The molecular weight excluding hydrogens is 312 g/mol. The number of Topliss-reactive ketones (excluding diaryl/α,β-unsaturated/α-hetero) is 1. The van der Waals surface area contributed by atoms with Gasteiger partial charge >= 0.3 is 5.97 Å². The van der Waals surface area contributed by atoms with E-state index in [1.165, 1.54) is 0 Å². The average molecular weight is 326 g/mol. The molecule has 1 N–H and O–H groups in total. The molecule has 3 rings (SSSR count). The van der Waals surface area contributed by atoms with Crippen LogP contribution in [-0.2, 0) is 4.74 Å². The van der Waals surface area contributed by atoms with Gasteiger partial charge in [-0.05, 0) is 24.5 Å². The summed E-state index contributed by atoms with van der Waals surface area (Å²) < 4.78 is 5.09. The second kappa shape index (κ2) is 6.66. The lowest BCUT2D eigenvalue weighted by Crippen LogP contribution is -2.14. The molecule has 0 atom stereocenters. The number of carbonyl (C=O) groups is 2. The second-order valence-corrected chi connectivity index (χ2v) is 5.73. The van der Waals surface area contributed by atoms with Crippen LogP contribution in [0.5, 0.6) is 0 Å². The first kappa shape index (κ1) is 15.3. The van der Waals surface area contributed by atoms with Crippen LogP contribution >= 0.6 is 11.8 Å². The molecule has 0 radical (unpaired) electrons. The third kappa shape index (κ3) is 3.27.